The zero-order valence-electron chi connectivity index (χ0n) is 21.3. The molecule has 0 aliphatic heterocycles. The van der Waals surface area contributed by atoms with E-state index < -0.39 is 0 Å². The molecule has 5 aromatic rings. The van der Waals surface area contributed by atoms with Crippen molar-refractivity contribution in [2.24, 2.45) is 0 Å². The van der Waals surface area contributed by atoms with Gasteiger partial charge in [0.25, 0.3) is 0 Å². The lowest BCUT2D eigenvalue weighted by Crippen LogP contribution is -2.15. The normalized spacial score (nSPS) is 13.0. The smallest absolute Gasteiger partial charge is 0.341 e. The van der Waals surface area contributed by atoms with Gasteiger partial charge < -0.3 is 15.0 Å². The number of H-pyrrole nitrogens is 1. The number of esters is 1. The van der Waals surface area contributed by atoms with E-state index in [1.165, 1.54) is 23.3 Å². The number of ether oxygens (including phenoxy) is 1. The van der Waals surface area contributed by atoms with Crippen LogP contribution in [0.1, 0.15) is 52.0 Å². The first-order chi connectivity index (χ1) is 18.6. The molecule has 0 spiro atoms. The lowest BCUT2D eigenvalue weighted by atomic mass is 9.95. The Morgan fingerprint density at radius 3 is 2.74 bits per heavy atom. The number of fused-ring (bicyclic) bond motifs is 3. The van der Waals surface area contributed by atoms with Gasteiger partial charge in [-0.05, 0) is 67.9 Å². The number of nitrogens with zero attached hydrogens (tertiary/aromatic N) is 1. The number of nitrogens with one attached hydrogen (secondary N) is 2. The molecule has 0 bridgehead atoms. The highest BCUT2D eigenvalue weighted by atomic mass is 32.1. The number of rotatable bonds is 7. The molecule has 38 heavy (non-hydrogen) atoms. The zero-order valence-corrected chi connectivity index (χ0v) is 22.1. The largest absolute Gasteiger partial charge is 0.465 e. The Morgan fingerprint density at radius 1 is 1.03 bits per heavy atom. The molecule has 1 amide bonds. The number of anilines is 1. The van der Waals surface area contributed by atoms with Gasteiger partial charge in [0.1, 0.15) is 5.00 Å². The van der Waals surface area contributed by atoms with Crippen molar-refractivity contribution in [1.82, 2.24) is 9.97 Å². The number of methoxy groups -OCH3 is 1. The zero-order chi connectivity index (χ0) is 26.1. The molecule has 192 valence electrons. The Balaban J connectivity index is 1.22. The summed E-state index contributed by atoms with van der Waals surface area (Å²) >= 11 is 1.52. The highest BCUT2D eigenvalue weighted by Crippen LogP contribution is 2.39. The molecule has 0 unspecified atom stereocenters. The standard InChI is InChI=1S/C31H29N3O3S/c1-37-31(36)28-22-11-4-7-15-26(22)38-30(28)34-27(35)16-8-12-21-20-10-3-6-14-24(20)33-29(21)25-18-17-19-9-2-5-13-23(19)32-25/h2-3,5-6,9-10,13-14,17-18,33H,4,7-8,11-12,15-16H2,1H3,(H,34,35). The number of amides is 1. The molecule has 0 atom stereocenters. The Hall–Kier alpha value is -3.97. The van der Waals surface area contributed by atoms with Gasteiger partial charge in [-0.3, -0.25) is 4.79 Å². The van der Waals surface area contributed by atoms with Crippen molar-refractivity contribution in [1.29, 1.82) is 0 Å². The number of carbonyl (C=O) groups excluding carboxylic acids is 2. The highest BCUT2D eigenvalue weighted by Gasteiger charge is 2.27. The van der Waals surface area contributed by atoms with Crippen molar-refractivity contribution in [2.45, 2.75) is 44.9 Å². The summed E-state index contributed by atoms with van der Waals surface area (Å²) in [6.45, 7) is 0. The number of aromatic nitrogens is 2. The van der Waals surface area contributed by atoms with E-state index in [4.69, 9.17) is 9.72 Å². The maximum Gasteiger partial charge on any atom is 0.341 e. The Bertz CT molecular complexity index is 1670. The van der Waals surface area contributed by atoms with E-state index >= 15 is 0 Å². The molecule has 0 saturated carbocycles. The molecule has 3 aromatic heterocycles. The molecule has 0 saturated heterocycles. The number of para-hydroxylation sites is 2. The summed E-state index contributed by atoms with van der Waals surface area (Å²) < 4.78 is 5.04. The predicted octanol–water partition coefficient (Wildman–Crippen LogP) is 7.07. The molecule has 1 aliphatic carbocycles. The van der Waals surface area contributed by atoms with Gasteiger partial charge in [-0.25, -0.2) is 9.78 Å². The van der Waals surface area contributed by atoms with Crippen LogP contribution in [-0.2, 0) is 28.8 Å². The average molecular weight is 524 g/mol. The van der Waals surface area contributed by atoms with Crippen molar-refractivity contribution in [3.63, 3.8) is 0 Å². The van der Waals surface area contributed by atoms with Crippen LogP contribution < -0.4 is 5.32 Å². The van der Waals surface area contributed by atoms with Crippen LogP contribution in [0.3, 0.4) is 0 Å². The van der Waals surface area contributed by atoms with E-state index in [1.54, 1.807) is 0 Å². The van der Waals surface area contributed by atoms with Crippen LogP contribution in [0.5, 0.6) is 0 Å². The SMILES string of the molecule is COC(=O)c1c(NC(=O)CCCc2c(-c3ccc4ccccc4n3)[nH]c3ccccc23)sc2c1CCCC2. The lowest BCUT2D eigenvalue weighted by Gasteiger charge is -2.11. The topological polar surface area (TPSA) is 84.1 Å². The molecule has 0 radical (unpaired) electrons. The predicted molar refractivity (Wildman–Crippen MR) is 153 cm³/mol. The first-order valence-electron chi connectivity index (χ1n) is 13.1. The molecular formula is C31H29N3O3S. The van der Waals surface area contributed by atoms with Crippen LogP contribution in [-0.4, -0.2) is 29.0 Å². The van der Waals surface area contributed by atoms with Crippen LogP contribution in [0.25, 0.3) is 33.2 Å². The van der Waals surface area contributed by atoms with Crippen molar-refractivity contribution in [2.75, 3.05) is 12.4 Å². The minimum atomic E-state index is -0.369. The molecular weight excluding hydrogens is 494 g/mol. The van der Waals surface area contributed by atoms with Gasteiger partial charge in [-0.2, -0.15) is 0 Å². The Morgan fingerprint density at radius 2 is 1.84 bits per heavy atom. The Labute approximate surface area is 225 Å². The number of hydrogen-bond acceptors (Lipinski definition) is 5. The average Bonchev–Trinajstić information content (AvgIpc) is 3.50. The van der Waals surface area contributed by atoms with Crippen LogP contribution in [0.15, 0.2) is 60.7 Å². The maximum atomic E-state index is 13.0. The second-order valence-electron chi connectivity index (χ2n) is 9.72. The number of pyridine rings is 1. The quantitative estimate of drug-likeness (QED) is 0.223. The molecule has 2 N–H and O–H groups in total. The van der Waals surface area contributed by atoms with E-state index in [0.29, 0.717) is 23.4 Å². The first kappa shape index (κ1) is 24.4. The van der Waals surface area contributed by atoms with Crippen LogP contribution in [0, 0.1) is 0 Å². The number of benzene rings is 2. The number of hydrogen-bond donors (Lipinski definition) is 2. The molecule has 1 aliphatic rings. The van der Waals surface area contributed by atoms with Gasteiger partial charge >= 0.3 is 5.97 Å². The third-order valence-electron chi connectivity index (χ3n) is 7.31. The third-order valence-corrected chi connectivity index (χ3v) is 8.52. The van der Waals surface area contributed by atoms with Crippen molar-refractivity contribution in [3.05, 3.63) is 82.2 Å². The third kappa shape index (κ3) is 4.58. The number of thiophene rings is 1. The lowest BCUT2D eigenvalue weighted by molar-refractivity contribution is -0.116. The summed E-state index contributed by atoms with van der Waals surface area (Å²) in [5.74, 6) is -0.454. The van der Waals surface area contributed by atoms with Gasteiger partial charge in [0.2, 0.25) is 5.91 Å². The fourth-order valence-corrected chi connectivity index (χ4v) is 6.76. The molecule has 6 rings (SSSR count). The molecule has 2 aromatic carbocycles. The summed E-state index contributed by atoms with van der Waals surface area (Å²) in [4.78, 5) is 35.2. The van der Waals surface area contributed by atoms with Gasteiger partial charge in [0, 0.05) is 27.6 Å². The fraction of sp³-hybridized carbons (Fsp3) is 0.258. The Kier molecular flexibility index (Phi) is 6.68. The van der Waals surface area contributed by atoms with Crippen LogP contribution in [0.2, 0.25) is 0 Å². The van der Waals surface area contributed by atoms with E-state index in [1.807, 2.05) is 30.3 Å². The molecule has 7 heteroatoms. The summed E-state index contributed by atoms with van der Waals surface area (Å²) in [6, 6.07) is 20.5. The minimum Gasteiger partial charge on any atom is -0.465 e. The van der Waals surface area contributed by atoms with E-state index in [0.717, 1.165) is 76.4 Å². The molecule has 3 heterocycles. The number of carbonyl (C=O) groups is 2. The molecule has 0 fully saturated rings. The van der Waals surface area contributed by atoms with E-state index in [2.05, 4.69) is 40.6 Å². The van der Waals surface area contributed by atoms with Gasteiger partial charge in [0.15, 0.2) is 0 Å². The van der Waals surface area contributed by atoms with E-state index in [9.17, 15) is 9.59 Å². The monoisotopic (exact) mass is 523 g/mol. The fourth-order valence-electron chi connectivity index (χ4n) is 5.47. The first-order valence-corrected chi connectivity index (χ1v) is 13.9. The van der Waals surface area contributed by atoms with Crippen LogP contribution in [0.4, 0.5) is 5.00 Å². The summed E-state index contributed by atoms with van der Waals surface area (Å²) in [7, 11) is 1.39. The van der Waals surface area contributed by atoms with Gasteiger partial charge in [-0.15, -0.1) is 11.3 Å². The molecule has 6 nitrogen and oxygen atoms in total. The summed E-state index contributed by atoms with van der Waals surface area (Å²) in [5, 5.41) is 5.91. The van der Waals surface area contributed by atoms with Crippen LogP contribution >= 0.6 is 11.3 Å². The van der Waals surface area contributed by atoms with E-state index in [-0.39, 0.29) is 11.9 Å². The minimum absolute atomic E-state index is 0.0843. The van der Waals surface area contributed by atoms with Gasteiger partial charge in [-0.1, -0.05) is 42.5 Å². The number of aryl methyl sites for hydroxylation is 2. The van der Waals surface area contributed by atoms with Gasteiger partial charge in [0.05, 0.1) is 29.6 Å². The second kappa shape index (κ2) is 10.4. The second-order valence-corrected chi connectivity index (χ2v) is 10.8. The van der Waals surface area contributed by atoms with Crippen molar-refractivity contribution in [3.8, 4) is 11.4 Å². The van der Waals surface area contributed by atoms with Crippen molar-refractivity contribution >= 4 is 50.0 Å². The summed E-state index contributed by atoms with van der Waals surface area (Å²) in [6.07, 6.45) is 5.73. The highest BCUT2D eigenvalue weighted by molar-refractivity contribution is 7.17. The number of aromatic amines is 1. The van der Waals surface area contributed by atoms with Crippen molar-refractivity contribution < 1.29 is 14.3 Å². The maximum absolute atomic E-state index is 13.0. The summed E-state index contributed by atoms with van der Waals surface area (Å²) in [5.41, 5.74) is 6.66.